The van der Waals surface area contributed by atoms with Crippen LogP contribution in [0.15, 0.2) is 42.6 Å². The van der Waals surface area contributed by atoms with Crippen LogP contribution >= 0.6 is 0 Å². The largest absolute Gasteiger partial charge is 0.505 e. The number of nitrogens with one attached hydrogen (secondary N) is 1. The van der Waals surface area contributed by atoms with E-state index in [9.17, 15) is 14.3 Å². The van der Waals surface area contributed by atoms with Crippen molar-refractivity contribution in [2.75, 3.05) is 26.2 Å². The molecule has 25 heavy (non-hydrogen) atoms. The molecule has 6 nitrogen and oxygen atoms in total. The summed E-state index contributed by atoms with van der Waals surface area (Å²) in [5, 5.41) is 12.0. The average Bonchev–Trinajstić information content (AvgIpc) is 2.64. The topological polar surface area (TPSA) is 68.7 Å². The Morgan fingerprint density at radius 2 is 2.00 bits per heavy atom. The van der Waals surface area contributed by atoms with Crippen LogP contribution in [0, 0.1) is 5.82 Å². The van der Waals surface area contributed by atoms with E-state index in [4.69, 9.17) is 0 Å². The number of rotatable bonds is 4. The van der Waals surface area contributed by atoms with Crippen LogP contribution in [0.1, 0.15) is 11.3 Å². The van der Waals surface area contributed by atoms with Gasteiger partial charge in [-0.3, -0.25) is 9.88 Å². The fraction of sp³-hybridized carbons (Fsp3) is 0.333. The molecular weight excluding hydrogens is 323 g/mol. The van der Waals surface area contributed by atoms with Gasteiger partial charge in [-0.1, -0.05) is 12.1 Å². The van der Waals surface area contributed by atoms with Crippen LogP contribution in [-0.2, 0) is 13.1 Å². The lowest BCUT2D eigenvalue weighted by atomic mass is 10.2. The van der Waals surface area contributed by atoms with Crippen molar-refractivity contribution in [3.63, 3.8) is 0 Å². The summed E-state index contributed by atoms with van der Waals surface area (Å²) in [7, 11) is 0. The standard InChI is InChI=1S/C18H21FN4O2/c19-16-11-14(4-5-17(16)24)12-21-18(25)23-9-7-22(8-10-23)13-15-3-1-2-6-20-15/h1-6,11,24H,7-10,12-13H2,(H,21,25). The zero-order chi connectivity index (χ0) is 17.6. The number of nitrogens with zero attached hydrogens (tertiary/aromatic N) is 3. The zero-order valence-electron chi connectivity index (χ0n) is 13.9. The van der Waals surface area contributed by atoms with Crippen molar-refractivity contribution in [3.05, 3.63) is 59.7 Å². The molecule has 7 heteroatoms. The second-order valence-electron chi connectivity index (χ2n) is 6.03. The smallest absolute Gasteiger partial charge is 0.317 e. The van der Waals surface area contributed by atoms with Crippen molar-refractivity contribution in [2.24, 2.45) is 0 Å². The fourth-order valence-electron chi connectivity index (χ4n) is 2.78. The monoisotopic (exact) mass is 344 g/mol. The third kappa shape index (κ3) is 4.67. The predicted octanol–water partition coefficient (Wildman–Crippen LogP) is 1.95. The summed E-state index contributed by atoms with van der Waals surface area (Å²) in [5.74, 6) is -1.08. The van der Waals surface area contributed by atoms with Crippen LogP contribution in [0.2, 0.25) is 0 Å². The molecule has 2 N–H and O–H groups in total. The van der Waals surface area contributed by atoms with Gasteiger partial charge in [0.25, 0.3) is 0 Å². The van der Waals surface area contributed by atoms with Gasteiger partial charge in [0.15, 0.2) is 11.6 Å². The first-order chi connectivity index (χ1) is 12.1. The molecule has 0 atom stereocenters. The van der Waals surface area contributed by atoms with E-state index in [0.717, 1.165) is 25.3 Å². The van der Waals surface area contributed by atoms with E-state index in [2.05, 4.69) is 15.2 Å². The number of aromatic hydroxyl groups is 1. The summed E-state index contributed by atoms with van der Waals surface area (Å²) in [6, 6.07) is 9.79. The Labute approximate surface area is 145 Å². The number of benzene rings is 1. The molecule has 1 aromatic heterocycles. The highest BCUT2D eigenvalue weighted by Crippen LogP contribution is 2.16. The van der Waals surface area contributed by atoms with Gasteiger partial charge < -0.3 is 15.3 Å². The highest BCUT2D eigenvalue weighted by molar-refractivity contribution is 5.74. The molecule has 0 aliphatic carbocycles. The number of amides is 2. The minimum atomic E-state index is -0.685. The lowest BCUT2D eigenvalue weighted by Gasteiger charge is -2.34. The second kappa shape index (κ2) is 7.94. The lowest BCUT2D eigenvalue weighted by Crippen LogP contribution is -2.51. The Hall–Kier alpha value is -2.67. The molecule has 1 fully saturated rings. The molecule has 132 valence electrons. The van der Waals surface area contributed by atoms with E-state index in [1.54, 1.807) is 17.2 Å². The third-order valence-electron chi connectivity index (χ3n) is 4.23. The van der Waals surface area contributed by atoms with Crippen molar-refractivity contribution >= 4 is 6.03 Å². The number of carbonyl (C=O) groups is 1. The Morgan fingerprint density at radius 3 is 2.68 bits per heavy atom. The molecule has 3 rings (SSSR count). The van der Waals surface area contributed by atoms with Gasteiger partial charge in [0, 0.05) is 45.5 Å². The van der Waals surface area contributed by atoms with Gasteiger partial charge in [-0.2, -0.15) is 0 Å². The quantitative estimate of drug-likeness (QED) is 0.890. The van der Waals surface area contributed by atoms with Gasteiger partial charge >= 0.3 is 6.03 Å². The van der Waals surface area contributed by atoms with Crippen LogP contribution in [-0.4, -0.2) is 52.1 Å². The van der Waals surface area contributed by atoms with E-state index in [1.165, 1.54) is 12.1 Å². The number of urea groups is 1. The molecule has 1 saturated heterocycles. The Kier molecular flexibility index (Phi) is 5.45. The number of hydrogen-bond donors (Lipinski definition) is 2. The van der Waals surface area contributed by atoms with Crippen LogP contribution in [0.5, 0.6) is 5.75 Å². The summed E-state index contributed by atoms with van der Waals surface area (Å²) < 4.78 is 13.3. The normalized spacial score (nSPS) is 15.2. The van der Waals surface area contributed by atoms with E-state index >= 15 is 0 Å². The number of piperazine rings is 1. The summed E-state index contributed by atoms with van der Waals surface area (Å²) in [6.45, 7) is 3.87. The number of phenols is 1. The third-order valence-corrected chi connectivity index (χ3v) is 4.23. The molecule has 1 aromatic carbocycles. The van der Waals surface area contributed by atoms with Crippen molar-refractivity contribution in [1.29, 1.82) is 0 Å². The molecule has 2 amide bonds. The van der Waals surface area contributed by atoms with Crippen molar-refractivity contribution < 1.29 is 14.3 Å². The van der Waals surface area contributed by atoms with Gasteiger partial charge in [0.05, 0.1) is 5.69 Å². The maximum absolute atomic E-state index is 13.3. The highest BCUT2D eigenvalue weighted by Gasteiger charge is 2.21. The van der Waals surface area contributed by atoms with Gasteiger partial charge in [0.1, 0.15) is 0 Å². The average molecular weight is 344 g/mol. The number of pyridine rings is 1. The van der Waals surface area contributed by atoms with E-state index in [0.29, 0.717) is 18.7 Å². The van der Waals surface area contributed by atoms with E-state index in [1.807, 2.05) is 18.2 Å². The first-order valence-corrected chi connectivity index (χ1v) is 8.24. The molecule has 2 heterocycles. The van der Waals surface area contributed by atoms with E-state index in [-0.39, 0.29) is 18.3 Å². The summed E-state index contributed by atoms with van der Waals surface area (Å²) in [6.07, 6.45) is 1.78. The predicted molar refractivity (Wildman–Crippen MR) is 91.4 cm³/mol. The Morgan fingerprint density at radius 1 is 1.20 bits per heavy atom. The molecule has 0 bridgehead atoms. The van der Waals surface area contributed by atoms with Crippen molar-refractivity contribution in [1.82, 2.24) is 20.1 Å². The highest BCUT2D eigenvalue weighted by atomic mass is 19.1. The number of halogens is 1. The SMILES string of the molecule is O=C(NCc1ccc(O)c(F)c1)N1CCN(Cc2ccccn2)CC1. The maximum Gasteiger partial charge on any atom is 0.317 e. The second-order valence-corrected chi connectivity index (χ2v) is 6.03. The molecule has 1 aliphatic heterocycles. The van der Waals surface area contributed by atoms with E-state index < -0.39 is 5.82 Å². The maximum atomic E-state index is 13.3. The molecule has 2 aromatic rings. The van der Waals surface area contributed by atoms with Crippen LogP contribution in [0.25, 0.3) is 0 Å². The van der Waals surface area contributed by atoms with Crippen molar-refractivity contribution in [2.45, 2.75) is 13.1 Å². The minimum Gasteiger partial charge on any atom is -0.505 e. The van der Waals surface area contributed by atoms with Crippen LogP contribution in [0.3, 0.4) is 0 Å². The fourth-order valence-corrected chi connectivity index (χ4v) is 2.78. The number of hydrogen-bond acceptors (Lipinski definition) is 4. The molecule has 0 saturated carbocycles. The van der Waals surface area contributed by atoms with Gasteiger partial charge in [0.2, 0.25) is 0 Å². The first kappa shape index (κ1) is 17.2. The summed E-state index contributed by atoms with van der Waals surface area (Å²) >= 11 is 0. The number of carbonyl (C=O) groups excluding carboxylic acids is 1. The summed E-state index contributed by atoms with van der Waals surface area (Å²) in [5.41, 5.74) is 1.63. The van der Waals surface area contributed by atoms with Crippen LogP contribution < -0.4 is 5.32 Å². The molecule has 0 radical (unpaired) electrons. The van der Waals surface area contributed by atoms with Gasteiger partial charge in [-0.05, 0) is 29.8 Å². The zero-order valence-corrected chi connectivity index (χ0v) is 13.9. The molecule has 1 aliphatic rings. The Bertz CT molecular complexity index is 718. The number of phenolic OH excluding ortho intramolecular Hbond substituents is 1. The molecule has 0 unspecified atom stereocenters. The van der Waals surface area contributed by atoms with Crippen molar-refractivity contribution in [3.8, 4) is 5.75 Å². The van der Waals surface area contributed by atoms with Gasteiger partial charge in [-0.15, -0.1) is 0 Å². The first-order valence-electron chi connectivity index (χ1n) is 8.24. The van der Waals surface area contributed by atoms with Gasteiger partial charge in [-0.25, -0.2) is 9.18 Å². The molecular formula is C18H21FN4O2. The Balaban J connectivity index is 1.44. The number of aromatic nitrogens is 1. The van der Waals surface area contributed by atoms with Crippen LogP contribution in [0.4, 0.5) is 9.18 Å². The lowest BCUT2D eigenvalue weighted by molar-refractivity contribution is 0.134. The minimum absolute atomic E-state index is 0.161. The molecule has 0 spiro atoms. The summed E-state index contributed by atoms with van der Waals surface area (Å²) in [4.78, 5) is 20.6.